The summed E-state index contributed by atoms with van der Waals surface area (Å²) in [7, 11) is 0. The number of carbonyl (C=O) groups excluding carboxylic acids is 3. The second-order valence-electron chi connectivity index (χ2n) is 1.25. The van der Waals surface area contributed by atoms with Gasteiger partial charge >= 0.3 is 0 Å². The van der Waals surface area contributed by atoms with Crippen LogP contribution in [0.4, 0.5) is 0 Å². The first-order valence-corrected chi connectivity index (χ1v) is 2.80. The predicted molar refractivity (Wildman–Crippen MR) is 51.9 cm³/mol. The van der Waals surface area contributed by atoms with Gasteiger partial charge in [-0.2, -0.15) is 0 Å². The van der Waals surface area contributed by atoms with Gasteiger partial charge in [0.15, 0.2) is 0 Å². The molecule has 0 radical (unpaired) electrons. The molecule has 0 saturated carbocycles. The molecule has 0 atom stereocenters. The maximum Gasteiger partial charge on any atom is 0.132 e. The minimum absolute atomic E-state index is 0. The Labute approximate surface area is 96.6 Å². The fraction of sp³-hybridized carbons (Fsp3) is 0.444. The molecule has 0 spiro atoms. The van der Waals surface area contributed by atoms with Crippen LogP contribution in [0.5, 0.6) is 0 Å². The van der Waals surface area contributed by atoms with Crippen LogP contribution in [0.2, 0.25) is 0 Å². The van der Waals surface area contributed by atoms with Gasteiger partial charge in [-0.05, 0) is 0 Å². The van der Waals surface area contributed by atoms with Crippen LogP contribution in [0, 0.1) is 14.9 Å². The van der Waals surface area contributed by atoms with Crippen molar-refractivity contribution >= 4 is 19.4 Å². The van der Waals surface area contributed by atoms with Crippen LogP contribution in [0.3, 0.4) is 0 Å². The summed E-state index contributed by atoms with van der Waals surface area (Å²) in [5.74, 6) is 0.343. The molecular weight excluding hydrogens is 340 g/mol. The van der Waals surface area contributed by atoms with Gasteiger partial charge in [0.05, 0.1) is 0 Å². The molecule has 0 amide bonds. The third-order valence-electron chi connectivity index (χ3n) is 0.789. The van der Waals surface area contributed by atoms with Crippen molar-refractivity contribution < 1.29 is 35.4 Å². The molecular formula is C9H18O3W-4. The van der Waals surface area contributed by atoms with Gasteiger partial charge in [0.2, 0.25) is 0 Å². The number of hydrogen-bond donors (Lipinski definition) is 0. The molecule has 0 rings (SSSR count). The molecule has 0 aliphatic carbocycles. The van der Waals surface area contributed by atoms with E-state index in [4.69, 9.17) is 9.59 Å². The van der Waals surface area contributed by atoms with Gasteiger partial charge in [-0.3, -0.25) is 18.4 Å². The number of Topliss-reactive ketones (excluding diaryl/α,β-unsaturated/α-hetero) is 1. The minimum atomic E-state index is 0. The second kappa shape index (κ2) is 60.7. The molecule has 0 N–H and O–H groups in total. The van der Waals surface area contributed by atoms with Crippen molar-refractivity contribution in [3.8, 4) is 0 Å². The Hall–Kier alpha value is -0.302. The Kier molecular flexibility index (Phi) is 181. The first kappa shape index (κ1) is 38.7. The van der Waals surface area contributed by atoms with Gasteiger partial charge in [-0.25, -0.2) is 0 Å². The number of ketones is 1. The van der Waals surface area contributed by atoms with E-state index in [-0.39, 0.29) is 35.9 Å². The van der Waals surface area contributed by atoms with Crippen molar-refractivity contribution in [2.45, 2.75) is 26.7 Å². The van der Waals surface area contributed by atoms with Crippen LogP contribution in [-0.2, 0) is 35.4 Å². The molecule has 0 aromatic heterocycles. The van der Waals surface area contributed by atoms with Crippen molar-refractivity contribution in [3.05, 3.63) is 14.9 Å². The summed E-state index contributed by atoms with van der Waals surface area (Å²) in [6, 6.07) is 0. The van der Waals surface area contributed by atoms with E-state index in [0.29, 0.717) is 18.6 Å². The molecule has 0 heterocycles. The summed E-state index contributed by atoms with van der Waals surface area (Å²) >= 11 is 0. The van der Waals surface area contributed by atoms with Gasteiger partial charge in [0, 0.05) is 33.9 Å². The van der Waals surface area contributed by atoms with E-state index in [0.717, 1.165) is 0 Å². The molecule has 0 aromatic rings. The normalized spacial score (nSPS) is 4.46. The van der Waals surface area contributed by atoms with Crippen LogP contribution < -0.4 is 0 Å². The van der Waals surface area contributed by atoms with Gasteiger partial charge in [0.25, 0.3) is 0 Å². The molecule has 0 aromatic carbocycles. The van der Waals surface area contributed by atoms with E-state index in [2.05, 4.69) is 13.6 Å². The average Bonchev–Trinajstić information content (AvgIpc) is 2.10. The van der Waals surface area contributed by atoms with E-state index >= 15 is 0 Å². The topological polar surface area (TPSA) is 51.2 Å². The van der Waals surface area contributed by atoms with E-state index in [1.165, 1.54) is 0 Å². The molecule has 0 unspecified atom stereocenters. The molecule has 0 aliphatic heterocycles. The molecule has 4 heteroatoms. The molecule has 0 fully saturated rings. The minimum Gasteiger partial charge on any atom is -0.545 e. The zero-order valence-electron chi connectivity index (χ0n) is 8.70. The summed E-state index contributed by atoms with van der Waals surface area (Å²) in [6.07, 6.45) is 1.38. The quantitative estimate of drug-likeness (QED) is 0.558. The van der Waals surface area contributed by atoms with E-state index in [9.17, 15) is 4.79 Å². The average molecular weight is 358 g/mol. The Bertz CT molecular complexity index is 69.3. The molecule has 0 saturated heterocycles. The maximum absolute atomic E-state index is 10.2. The fourth-order valence-electron chi connectivity index (χ4n) is 0.250. The second-order valence-corrected chi connectivity index (χ2v) is 1.25. The van der Waals surface area contributed by atoms with E-state index in [1.54, 1.807) is 0 Å². The van der Waals surface area contributed by atoms with Crippen LogP contribution in [0.1, 0.15) is 26.7 Å². The number of hydrogen-bond acceptors (Lipinski definition) is 3. The van der Waals surface area contributed by atoms with E-state index in [1.807, 2.05) is 13.8 Å². The van der Waals surface area contributed by atoms with Crippen molar-refractivity contribution in [2.75, 3.05) is 0 Å². The molecule has 0 bridgehead atoms. The monoisotopic (exact) mass is 358 g/mol. The zero-order chi connectivity index (χ0) is 8.99. The van der Waals surface area contributed by atoms with Crippen LogP contribution >= 0.6 is 0 Å². The molecule has 82 valence electrons. The van der Waals surface area contributed by atoms with Crippen LogP contribution in [0.25, 0.3) is 0 Å². The van der Waals surface area contributed by atoms with E-state index < -0.39 is 0 Å². The molecule has 13 heavy (non-hydrogen) atoms. The third-order valence-corrected chi connectivity index (χ3v) is 0.789. The van der Waals surface area contributed by atoms with Crippen molar-refractivity contribution in [2.24, 2.45) is 0 Å². The first-order valence-electron chi connectivity index (χ1n) is 2.80. The molecule has 0 aliphatic rings. The summed E-state index contributed by atoms with van der Waals surface area (Å²) in [5, 5.41) is 0. The van der Waals surface area contributed by atoms with Crippen LogP contribution in [-0.4, -0.2) is 19.4 Å². The van der Waals surface area contributed by atoms with Crippen molar-refractivity contribution in [3.63, 3.8) is 0 Å². The van der Waals surface area contributed by atoms with Crippen molar-refractivity contribution in [1.29, 1.82) is 0 Å². The summed E-state index contributed by atoms with van der Waals surface area (Å²) < 4.78 is 0. The van der Waals surface area contributed by atoms with Crippen LogP contribution in [0.15, 0.2) is 0 Å². The Morgan fingerprint density at radius 1 is 0.923 bits per heavy atom. The van der Waals surface area contributed by atoms with Gasteiger partial charge in [-0.1, -0.05) is 13.8 Å². The number of rotatable bonds is 2. The van der Waals surface area contributed by atoms with Gasteiger partial charge < -0.3 is 24.4 Å². The summed E-state index contributed by atoms with van der Waals surface area (Å²) in [6.45, 7) is 10.3. The Morgan fingerprint density at radius 2 is 1.08 bits per heavy atom. The summed E-state index contributed by atoms with van der Waals surface area (Å²) in [5.41, 5.74) is 0. The predicted octanol–water partition coefficient (Wildman–Crippen LogP) is 1.73. The zero-order valence-corrected chi connectivity index (χ0v) is 11.6. The largest absolute Gasteiger partial charge is 0.545 e. The van der Waals surface area contributed by atoms with Crippen molar-refractivity contribution in [1.82, 2.24) is 0 Å². The Balaban J connectivity index is -0.0000000157. The van der Waals surface area contributed by atoms with Gasteiger partial charge in [0.1, 0.15) is 5.78 Å². The SMILES string of the molecule is CCC(=O)CC.[CH-]=O.[CH-]=O.[CH3-].[CH3-].[W]. The fourth-order valence-corrected chi connectivity index (χ4v) is 0.250. The summed E-state index contributed by atoms with van der Waals surface area (Å²) in [4.78, 5) is 25.7. The molecule has 3 nitrogen and oxygen atoms in total. The Morgan fingerprint density at radius 3 is 1.08 bits per heavy atom. The standard InChI is InChI=1S/C5H10O.2CHO.2CH3.W/c1-3-5(6)4-2;2*1-2;;;/h3-4H2,1-2H3;2*1H;2*1H3;/q;4*-1;. The number of carbonyl (C=O) groups is 1. The first-order chi connectivity index (χ1) is 4.81. The van der Waals surface area contributed by atoms with Gasteiger partial charge in [-0.15, -0.1) is 0 Å². The maximum atomic E-state index is 10.2. The third kappa shape index (κ3) is 80.4. The smallest absolute Gasteiger partial charge is 0.132 e.